The summed E-state index contributed by atoms with van der Waals surface area (Å²) < 4.78 is 11.0. The van der Waals surface area contributed by atoms with Crippen LogP contribution in [0.1, 0.15) is 28.7 Å². The van der Waals surface area contributed by atoms with Crippen molar-refractivity contribution < 1.29 is 14.3 Å². The average molecular weight is 444 g/mol. The second-order valence-electron chi connectivity index (χ2n) is 7.48. The maximum absolute atomic E-state index is 13.5. The van der Waals surface area contributed by atoms with Crippen LogP contribution in [-0.2, 0) is 13.1 Å². The third kappa shape index (κ3) is 5.03. The number of rotatable bonds is 8. The molecule has 33 heavy (non-hydrogen) atoms. The Morgan fingerprint density at radius 1 is 0.970 bits per heavy atom. The molecule has 0 radical (unpaired) electrons. The van der Waals surface area contributed by atoms with E-state index in [0.717, 1.165) is 5.56 Å². The number of methoxy groups -OCH3 is 1. The van der Waals surface area contributed by atoms with E-state index in [1.165, 1.54) is 7.11 Å². The van der Waals surface area contributed by atoms with Gasteiger partial charge in [-0.3, -0.25) is 9.59 Å². The van der Waals surface area contributed by atoms with Crippen molar-refractivity contribution in [2.24, 2.45) is 0 Å². The predicted octanol–water partition coefficient (Wildman–Crippen LogP) is 4.17. The predicted molar refractivity (Wildman–Crippen MR) is 127 cm³/mol. The lowest BCUT2D eigenvalue weighted by Crippen LogP contribution is -2.31. The number of nitrogens with zero attached hydrogens (tertiary/aromatic N) is 2. The number of amides is 1. The molecule has 4 rings (SSSR count). The molecular weight excluding hydrogens is 418 g/mol. The molecule has 168 valence electrons. The third-order valence-electron chi connectivity index (χ3n) is 5.22. The molecule has 0 fully saturated rings. The molecule has 1 amide bonds. The smallest absolute Gasteiger partial charge is 0.258 e. The molecule has 0 aliphatic carbocycles. The van der Waals surface area contributed by atoms with Gasteiger partial charge >= 0.3 is 0 Å². The van der Waals surface area contributed by atoms with Crippen molar-refractivity contribution in [2.45, 2.75) is 20.0 Å². The molecule has 7 heteroatoms. The lowest BCUT2D eigenvalue weighted by Gasteiger charge is -2.23. The molecule has 0 saturated heterocycles. The van der Waals surface area contributed by atoms with Gasteiger partial charge in [-0.2, -0.15) is 0 Å². The second-order valence-corrected chi connectivity index (χ2v) is 7.48. The number of benzene rings is 3. The van der Waals surface area contributed by atoms with Crippen LogP contribution in [0.4, 0.5) is 0 Å². The molecule has 0 atom stereocenters. The van der Waals surface area contributed by atoms with E-state index >= 15 is 0 Å². The number of H-pyrrole nitrogens is 1. The Morgan fingerprint density at radius 3 is 2.48 bits per heavy atom. The highest BCUT2D eigenvalue weighted by Gasteiger charge is 2.20. The van der Waals surface area contributed by atoms with E-state index in [-0.39, 0.29) is 18.0 Å². The molecule has 7 nitrogen and oxygen atoms in total. The van der Waals surface area contributed by atoms with Gasteiger partial charge in [-0.25, -0.2) is 4.98 Å². The summed E-state index contributed by atoms with van der Waals surface area (Å²) >= 11 is 0. The Morgan fingerprint density at radius 2 is 1.73 bits per heavy atom. The normalized spacial score (nSPS) is 10.7. The van der Waals surface area contributed by atoms with E-state index in [0.29, 0.717) is 46.9 Å². The number of para-hydroxylation sites is 1. The van der Waals surface area contributed by atoms with Crippen LogP contribution in [0.15, 0.2) is 77.6 Å². The number of carbonyl (C=O) groups excluding carboxylic acids is 1. The van der Waals surface area contributed by atoms with Crippen molar-refractivity contribution in [1.82, 2.24) is 14.9 Å². The summed E-state index contributed by atoms with van der Waals surface area (Å²) in [6.07, 6.45) is 0. The maximum Gasteiger partial charge on any atom is 0.258 e. The fraction of sp³-hybridized carbons (Fsp3) is 0.192. The summed E-state index contributed by atoms with van der Waals surface area (Å²) in [7, 11) is 1.54. The first kappa shape index (κ1) is 22.1. The first-order valence-corrected chi connectivity index (χ1v) is 10.7. The monoisotopic (exact) mass is 443 g/mol. The van der Waals surface area contributed by atoms with Gasteiger partial charge in [0.2, 0.25) is 0 Å². The van der Waals surface area contributed by atoms with E-state index in [9.17, 15) is 9.59 Å². The fourth-order valence-electron chi connectivity index (χ4n) is 3.65. The van der Waals surface area contributed by atoms with Gasteiger partial charge in [0.05, 0.1) is 31.2 Å². The van der Waals surface area contributed by atoms with Crippen molar-refractivity contribution in [3.8, 4) is 11.5 Å². The SMILES string of the molecule is CCOc1ccc(C(=O)N(Cc2ccccc2)Cc2nc3ccccc3c(=O)[nH]2)cc1OC. The van der Waals surface area contributed by atoms with Crippen LogP contribution in [-0.4, -0.2) is 34.5 Å². The van der Waals surface area contributed by atoms with E-state index in [2.05, 4.69) is 9.97 Å². The largest absolute Gasteiger partial charge is 0.493 e. The maximum atomic E-state index is 13.5. The molecule has 1 N–H and O–H groups in total. The van der Waals surface area contributed by atoms with Crippen LogP contribution >= 0.6 is 0 Å². The third-order valence-corrected chi connectivity index (χ3v) is 5.22. The minimum Gasteiger partial charge on any atom is -0.493 e. The summed E-state index contributed by atoms with van der Waals surface area (Å²) in [6, 6.07) is 21.9. The molecule has 0 aliphatic rings. The Labute approximate surface area is 191 Å². The van der Waals surface area contributed by atoms with Crippen LogP contribution in [0.3, 0.4) is 0 Å². The summed E-state index contributed by atoms with van der Waals surface area (Å²) in [4.78, 5) is 35.1. The summed E-state index contributed by atoms with van der Waals surface area (Å²) in [5.41, 5.74) is 1.78. The second kappa shape index (κ2) is 9.99. The van der Waals surface area contributed by atoms with Gasteiger partial charge in [0, 0.05) is 12.1 Å². The Kier molecular flexibility index (Phi) is 6.69. The standard InChI is InChI=1S/C26H25N3O4/c1-3-33-22-14-13-19(15-23(22)32-2)26(31)29(16-18-9-5-4-6-10-18)17-24-27-21-12-8-7-11-20(21)25(30)28-24/h4-15H,3,16-17H2,1-2H3,(H,27,28,30). The molecule has 4 aromatic rings. The minimum absolute atomic E-state index is 0.142. The summed E-state index contributed by atoms with van der Waals surface area (Å²) in [6.45, 7) is 2.87. The minimum atomic E-state index is -0.231. The van der Waals surface area contributed by atoms with Crippen molar-refractivity contribution in [2.75, 3.05) is 13.7 Å². The van der Waals surface area contributed by atoms with Crippen molar-refractivity contribution in [3.05, 3.63) is 100 Å². The highest BCUT2D eigenvalue weighted by atomic mass is 16.5. The van der Waals surface area contributed by atoms with Crippen LogP contribution in [0.5, 0.6) is 11.5 Å². The number of hydrogen-bond donors (Lipinski definition) is 1. The molecular formula is C26H25N3O4. The molecule has 0 saturated carbocycles. The Bertz CT molecular complexity index is 1320. The van der Waals surface area contributed by atoms with E-state index in [1.54, 1.807) is 41.3 Å². The van der Waals surface area contributed by atoms with Gasteiger partial charge in [-0.05, 0) is 42.8 Å². The Hall–Kier alpha value is -4.13. The topological polar surface area (TPSA) is 84.5 Å². The number of aromatic amines is 1. The summed E-state index contributed by atoms with van der Waals surface area (Å²) in [5.74, 6) is 1.27. The molecule has 0 spiro atoms. The number of nitrogens with one attached hydrogen (secondary N) is 1. The lowest BCUT2D eigenvalue weighted by molar-refractivity contribution is 0.0725. The number of carbonyl (C=O) groups is 1. The van der Waals surface area contributed by atoms with Gasteiger partial charge in [0.1, 0.15) is 5.82 Å². The van der Waals surface area contributed by atoms with Crippen LogP contribution < -0.4 is 15.0 Å². The van der Waals surface area contributed by atoms with E-state index < -0.39 is 0 Å². The average Bonchev–Trinajstić information content (AvgIpc) is 2.84. The van der Waals surface area contributed by atoms with E-state index in [1.807, 2.05) is 43.3 Å². The van der Waals surface area contributed by atoms with Crippen LogP contribution in [0.2, 0.25) is 0 Å². The van der Waals surface area contributed by atoms with Crippen LogP contribution in [0.25, 0.3) is 10.9 Å². The molecule has 0 unspecified atom stereocenters. The van der Waals surface area contributed by atoms with Crippen molar-refractivity contribution >= 4 is 16.8 Å². The highest BCUT2D eigenvalue weighted by molar-refractivity contribution is 5.95. The molecule has 1 heterocycles. The number of ether oxygens (including phenoxy) is 2. The molecule has 0 bridgehead atoms. The molecule has 0 aliphatic heterocycles. The Balaban J connectivity index is 1.69. The molecule has 3 aromatic carbocycles. The van der Waals surface area contributed by atoms with Gasteiger partial charge in [-0.1, -0.05) is 42.5 Å². The van der Waals surface area contributed by atoms with Crippen molar-refractivity contribution in [3.63, 3.8) is 0 Å². The van der Waals surface area contributed by atoms with Gasteiger partial charge in [-0.15, -0.1) is 0 Å². The quantitative estimate of drug-likeness (QED) is 0.442. The zero-order valence-electron chi connectivity index (χ0n) is 18.6. The van der Waals surface area contributed by atoms with Crippen molar-refractivity contribution in [1.29, 1.82) is 0 Å². The summed E-state index contributed by atoms with van der Waals surface area (Å²) in [5, 5.41) is 0.512. The number of aromatic nitrogens is 2. The van der Waals surface area contributed by atoms with Crippen LogP contribution in [0, 0.1) is 0 Å². The number of hydrogen-bond acceptors (Lipinski definition) is 5. The first-order valence-electron chi connectivity index (χ1n) is 10.7. The first-order chi connectivity index (χ1) is 16.1. The van der Waals surface area contributed by atoms with E-state index in [4.69, 9.17) is 9.47 Å². The zero-order valence-corrected chi connectivity index (χ0v) is 18.6. The van der Waals surface area contributed by atoms with Gasteiger partial charge in [0.15, 0.2) is 11.5 Å². The van der Waals surface area contributed by atoms with Gasteiger partial charge in [0.25, 0.3) is 11.5 Å². The zero-order chi connectivity index (χ0) is 23.2. The highest BCUT2D eigenvalue weighted by Crippen LogP contribution is 2.29. The fourth-order valence-corrected chi connectivity index (χ4v) is 3.65. The lowest BCUT2D eigenvalue weighted by atomic mass is 10.1. The number of fused-ring (bicyclic) bond motifs is 1. The van der Waals surface area contributed by atoms with Gasteiger partial charge < -0.3 is 19.4 Å². The molecule has 1 aromatic heterocycles.